The zero-order valence-corrected chi connectivity index (χ0v) is 16.2. The van der Waals surface area contributed by atoms with Crippen molar-refractivity contribution in [2.75, 3.05) is 5.32 Å². The molecule has 0 bridgehead atoms. The van der Waals surface area contributed by atoms with Gasteiger partial charge in [0, 0.05) is 30.4 Å². The molecule has 0 aromatic carbocycles. The minimum Gasteiger partial charge on any atom is -0.361 e. The fourth-order valence-electron chi connectivity index (χ4n) is 2.71. The van der Waals surface area contributed by atoms with Crippen LogP contribution in [0.15, 0.2) is 52.6 Å². The third-order valence-electron chi connectivity index (χ3n) is 4.02. The van der Waals surface area contributed by atoms with Crippen molar-refractivity contribution < 1.29 is 13.7 Å². The molecule has 0 aliphatic carbocycles. The number of carbonyl (C=O) groups excluding carboxylic acids is 1. The van der Waals surface area contributed by atoms with Gasteiger partial charge in [-0.3, -0.25) is 10.1 Å². The molecule has 0 radical (unpaired) electrons. The predicted octanol–water partition coefficient (Wildman–Crippen LogP) is 4.25. The number of nitrogens with one attached hydrogen (secondary N) is 1. The van der Waals surface area contributed by atoms with Gasteiger partial charge in [0.15, 0.2) is 5.13 Å². The van der Waals surface area contributed by atoms with Crippen molar-refractivity contribution in [3.8, 4) is 0 Å². The number of hydrogen-bond donors (Lipinski definition) is 1. The van der Waals surface area contributed by atoms with Crippen molar-refractivity contribution in [1.82, 2.24) is 19.7 Å². The molecule has 0 fully saturated rings. The predicted molar refractivity (Wildman–Crippen MR) is 108 cm³/mol. The monoisotopic (exact) mass is 409 g/mol. The highest BCUT2D eigenvalue weighted by atomic mass is 32.1. The van der Waals surface area contributed by atoms with E-state index in [0.717, 1.165) is 5.76 Å². The third-order valence-corrected chi connectivity index (χ3v) is 4.80. The van der Waals surface area contributed by atoms with Crippen LogP contribution in [0.1, 0.15) is 33.2 Å². The van der Waals surface area contributed by atoms with E-state index in [1.165, 1.54) is 23.6 Å². The Bertz CT molecular complexity index is 1180. The average Bonchev–Trinajstić information content (AvgIpc) is 3.42. The molecule has 0 saturated heterocycles. The van der Waals surface area contributed by atoms with E-state index >= 15 is 0 Å². The minimum atomic E-state index is -0.551. The summed E-state index contributed by atoms with van der Waals surface area (Å²) in [6, 6.07) is 8.34. The van der Waals surface area contributed by atoms with Gasteiger partial charge in [-0.15, -0.1) is 11.3 Å². The second-order valence-electron chi connectivity index (χ2n) is 6.24. The highest BCUT2D eigenvalue weighted by molar-refractivity contribution is 7.14. The second kappa shape index (κ2) is 8.19. The first-order chi connectivity index (χ1) is 14.1. The van der Waals surface area contributed by atoms with Gasteiger partial charge in [0.25, 0.3) is 5.91 Å². The molecule has 0 unspecified atom stereocenters. The van der Waals surface area contributed by atoms with Crippen LogP contribution in [0, 0.1) is 12.9 Å². The Balaban J connectivity index is 1.43. The Morgan fingerprint density at radius 1 is 1.31 bits per heavy atom. The highest BCUT2D eigenvalue weighted by Crippen LogP contribution is 2.19. The summed E-state index contributed by atoms with van der Waals surface area (Å²) in [5.74, 6) is -0.111. The van der Waals surface area contributed by atoms with Crippen molar-refractivity contribution in [1.29, 1.82) is 0 Å². The lowest BCUT2D eigenvalue weighted by Gasteiger charge is -2.09. The number of nitrogens with zero attached hydrogens (tertiary/aromatic N) is 4. The average molecular weight is 409 g/mol. The van der Waals surface area contributed by atoms with Gasteiger partial charge < -0.3 is 9.09 Å². The van der Waals surface area contributed by atoms with E-state index in [2.05, 4.69) is 20.4 Å². The van der Waals surface area contributed by atoms with Gasteiger partial charge in [-0.25, -0.2) is 9.97 Å². The molecular weight excluding hydrogens is 393 g/mol. The van der Waals surface area contributed by atoms with Gasteiger partial charge in [-0.1, -0.05) is 5.16 Å². The molecule has 9 heteroatoms. The number of anilines is 1. The van der Waals surface area contributed by atoms with Crippen LogP contribution >= 0.6 is 11.3 Å². The molecule has 4 heterocycles. The molecule has 7 nitrogen and oxygen atoms in total. The maximum Gasteiger partial charge on any atom is 0.274 e. The van der Waals surface area contributed by atoms with Crippen molar-refractivity contribution in [3.05, 3.63) is 82.5 Å². The SMILES string of the molecule is Cc1cc(C=Cc2csc(NC(=O)c3cccn3Cc3ccnc(F)c3)n2)no1. The van der Waals surface area contributed by atoms with Crippen LogP contribution in [0.5, 0.6) is 0 Å². The molecule has 146 valence electrons. The zero-order chi connectivity index (χ0) is 20.2. The van der Waals surface area contributed by atoms with Crippen LogP contribution in [-0.2, 0) is 6.54 Å². The number of hydrogen-bond acceptors (Lipinski definition) is 6. The van der Waals surface area contributed by atoms with E-state index in [9.17, 15) is 9.18 Å². The van der Waals surface area contributed by atoms with E-state index in [1.54, 1.807) is 41.1 Å². The fraction of sp³-hybridized carbons (Fsp3) is 0.100. The molecule has 0 aliphatic rings. The number of thiazole rings is 1. The molecule has 0 atom stereocenters. The lowest BCUT2D eigenvalue weighted by molar-refractivity contribution is 0.101. The molecule has 4 aromatic heterocycles. The maximum absolute atomic E-state index is 13.3. The van der Waals surface area contributed by atoms with Crippen molar-refractivity contribution in [2.24, 2.45) is 0 Å². The van der Waals surface area contributed by atoms with Crippen LogP contribution in [0.25, 0.3) is 12.2 Å². The summed E-state index contributed by atoms with van der Waals surface area (Å²) < 4.78 is 20.0. The highest BCUT2D eigenvalue weighted by Gasteiger charge is 2.13. The van der Waals surface area contributed by atoms with Gasteiger partial charge in [-0.2, -0.15) is 4.39 Å². The van der Waals surface area contributed by atoms with E-state index in [-0.39, 0.29) is 5.91 Å². The molecule has 0 aliphatic heterocycles. The second-order valence-corrected chi connectivity index (χ2v) is 7.09. The largest absolute Gasteiger partial charge is 0.361 e. The topological polar surface area (TPSA) is 85.8 Å². The molecule has 1 amide bonds. The molecule has 29 heavy (non-hydrogen) atoms. The molecule has 0 saturated carbocycles. The van der Waals surface area contributed by atoms with Crippen molar-refractivity contribution in [2.45, 2.75) is 13.5 Å². The standard InChI is InChI=1S/C20H16FN5O2S/c1-13-9-15(25-28-13)4-5-16-12-29-20(23-16)24-19(27)17-3-2-8-26(17)11-14-6-7-22-18(21)10-14/h2-10,12H,11H2,1H3,(H,23,24,27). The Morgan fingerprint density at radius 2 is 2.17 bits per heavy atom. The number of pyridine rings is 1. The van der Waals surface area contributed by atoms with Crippen LogP contribution in [0.3, 0.4) is 0 Å². The zero-order valence-electron chi connectivity index (χ0n) is 15.4. The summed E-state index contributed by atoms with van der Waals surface area (Å²) in [4.78, 5) is 20.6. The Morgan fingerprint density at radius 3 is 2.97 bits per heavy atom. The normalized spacial score (nSPS) is 11.2. The third kappa shape index (κ3) is 4.64. The van der Waals surface area contributed by atoms with Crippen LogP contribution in [0.2, 0.25) is 0 Å². The lowest BCUT2D eigenvalue weighted by atomic mass is 10.2. The molecule has 1 N–H and O–H groups in total. The van der Waals surface area contributed by atoms with Crippen LogP contribution in [0.4, 0.5) is 9.52 Å². The smallest absolute Gasteiger partial charge is 0.274 e. The fourth-order valence-corrected chi connectivity index (χ4v) is 3.39. The molecule has 4 rings (SSSR count). The van der Waals surface area contributed by atoms with E-state index in [1.807, 2.05) is 18.4 Å². The number of halogens is 1. The van der Waals surface area contributed by atoms with Gasteiger partial charge >= 0.3 is 0 Å². The number of amides is 1. The molecular formula is C20H16FN5O2S. The van der Waals surface area contributed by atoms with Gasteiger partial charge in [0.2, 0.25) is 5.95 Å². The quantitative estimate of drug-likeness (QED) is 0.481. The minimum absolute atomic E-state index is 0.290. The first-order valence-electron chi connectivity index (χ1n) is 8.71. The summed E-state index contributed by atoms with van der Waals surface area (Å²) in [6.07, 6.45) is 6.75. The lowest BCUT2D eigenvalue weighted by Crippen LogP contribution is -2.17. The summed E-state index contributed by atoms with van der Waals surface area (Å²) in [5, 5.41) is 8.99. The van der Waals surface area contributed by atoms with E-state index in [0.29, 0.717) is 34.3 Å². The number of aryl methyl sites for hydroxylation is 1. The number of carbonyl (C=O) groups is 1. The van der Waals surface area contributed by atoms with E-state index < -0.39 is 5.95 Å². The molecule has 4 aromatic rings. The summed E-state index contributed by atoms with van der Waals surface area (Å²) in [5.41, 5.74) is 2.57. The Hall–Kier alpha value is -3.59. The van der Waals surface area contributed by atoms with Gasteiger partial charge in [0.05, 0.1) is 5.69 Å². The maximum atomic E-state index is 13.3. The van der Waals surface area contributed by atoms with E-state index in [4.69, 9.17) is 4.52 Å². The summed E-state index contributed by atoms with van der Waals surface area (Å²) in [6.45, 7) is 2.18. The Kier molecular flexibility index (Phi) is 5.30. The van der Waals surface area contributed by atoms with Crippen LogP contribution in [-0.4, -0.2) is 25.6 Å². The molecule has 0 spiro atoms. The summed E-state index contributed by atoms with van der Waals surface area (Å²) in [7, 11) is 0. The first kappa shape index (κ1) is 18.8. The number of rotatable bonds is 6. The number of aromatic nitrogens is 4. The van der Waals surface area contributed by atoms with Crippen LogP contribution < -0.4 is 5.32 Å². The van der Waals surface area contributed by atoms with Crippen molar-refractivity contribution in [3.63, 3.8) is 0 Å². The first-order valence-corrected chi connectivity index (χ1v) is 9.58. The summed E-state index contributed by atoms with van der Waals surface area (Å²) >= 11 is 1.32. The van der Waals surface area contributed by atoms with Gasteiger partial charge in [0.1, 0.15) is 17.1 Å². The Labute approximate surface area is 169 Å². The van der Waals surface area contributed by atoms with Crippen molar-refractivity contribution >= 4 is 34.5 Å². The van der Waals surface area contributed by atoms with Gasteiger partial charge in [-0.05, 0) is 48.9 Å².